The van der Waals surface area contributed by atoms with Crippen molar-refractivity contribution >= 4 is 5.91 Å². The zero-order valence-corrected chi connectivity index (χ0v) is 13.4. The van der Waals surface area contributed by atoms with Gasteiger partial charge in [-0.25, -0.2) is 0 Å². The maximum absolute atomic E-state index is 12.1. The van der Waals surface area contributed by atoms with Crippen LogP contribution >= 0.6 is 0 Å². The van der Waals surface area contributed by atoms with Gasteiger partial charge < -0.3 is 15.3 Å². The van der Waals surface area contributed by atoms with Gasteiger partial charge in [0.05, 0.1) is 0 Å². The van der Waals surface area contributed by atoms with Crippen LogP contribution in [0.15, 0.2) is 0 Å². The molecule has 1 fully saturated rings. The Morgan fingerprint density at radius 3 is 2.75 bits per heavy atom. The molecule has 0 saturated carbocycles. The van der Waals surface area contributed by atoms with Crippen molar-refractivity contribution in [1.82, 2.24) is 10.2 Å². The van der Waals surface area contributed by atoms with E-state index in [0.717, 1.165) is 38.9 Å². The van der Waals surface area contributed by atoms with Crippen LogP contribution in [0, 0.1) is 11.8 Å². The summed E-state index contributed by atoms with van der Waals surface area (Å²) in [6, 6.07) is 0.389. The van der Waals surface area contributed by atoms with E-state index in [2.05, 4.69) is 19.2 Å². The quantitative estimate of drug-likeness (QED) is 0.717. The summed E-state index contributed by atoms with van der Waals surface area (Å²) in [6.45, 7) is 9.40. The lowest BCUT2D eigenvalue weighted by Gasteiger charge is -2.38. The highest BCUT2D eigenvalue weighted by atomic mass is 16.3. The summed E-state index contributed by atoms with van der Waals surface area (Å²) in [5.74, 6) is 1.41. The minimum Gasteiger partial charge on any atom is -0.396 e. The van der Waals surface area contributed by atoms with Crippen molar-refractivity contribution in [3.05, 3.63) is 0 Å². The zero-order valence-electron chi connectivity index (χ0n) is 13.4. The molecule has 0 radical (unpaired) electrons. The van der Waals surface area contributed by atoms with E-state index >= 15 is 0 Å². The summed E-state index contributed by atoms with van der Waals surface area (Å²) in [6.07, 6.45) is 4.60. The molecule has 20 heavy (non-hydrogen) atoms. The number of amides is 1. The smallest absolute Gasteiger partial charge is 0.222 e. The largest absolute Gasteiger partial charge is 0.396 e. The summed E-state index contributed by atoms with van der Waals surface area (Å²) >= 11 is 0. The molecular formula is C16H32N2O2. The molecule has 1 aliphatic rings. The van der Waals surface area contributed by atoms with E-state index in [1.807, 2.05) is 11.8 Å². The van der Waals surface area contributed by atoms with Crippen molar-refractivity contribution in [1.29, 1.82) is 0 Å². The molecule has 118 valence electrons. The van der Waals surface area contributed by atoms with E-state index in [0.29, 0.717) is 24.3 Å². The monoisotopic (exact) mass is 284 g/mol. The lowest BCUT2D eigenvalue weighted by molar-refractivity contribution is -0.133. The molecule has 0 bridgehead atoms. The number of nitrogens with one attached hydrogen (secondary N) is 1. The number of rotatable bonds is 8. The number of hydrogen-bond acceptors (Lipinski definition) is 3. The van der Waals surface area contributed by atoms with Gasteiger partial charge in [-0.3, -0.25) is 4.79 Å². The number of likely N-dealkylation sites (tertiary alicyclic amines) is 1. The predicted octanol–water partition coefficient (Wildman–Crippen LogP) is 2.02. The van der Waals surface area contributed by atoms with Crippen LogP contribution in [0.4, 0.5) is 0 Å². The van der Waals surface area contributed by atoms with Crippen LogP contribution in [0.2, 0.25) is 0 Å². The van der Waals surface area contributed by atoms with Gasteiger partial charge in [0.2, 0.25) is 5.91 Å². The second-order valence-corrected chi connectivity index (χ2v) is 6.50. The number of aliphatic hydroxyl groups is 1. The van der Waals surface area contributed by atoms with Crippen molar-refractivity contribution in [3.63, 3.8) is 0 Å². The maximum Gasteiger partial charge on any atom is 0.222 e. The molecule has 2 N–H and O–H groups in total. The van der Waals surface area contributed by atoms with Crippen LogP contribution < -0.4 is 5.32 Å². The highest BCUT2D eigenvalue weighted by Crippen LogP contribution is 2.21. The van der Waals surface area contributed by atoms with Gasteiger partial charge in [-0.15, -0.1) is 0 Å². The number of nitrogens with zero attached hydrogens (tertiary/aromatic N) is 1. The Kier molecular flexibility index (Phi) is 8.15. The van der Waals surface area contributed by atoms with Gasteiger partial charge in [-0.05, 0) is 44.1 Å². The second kappa shape index (κ2) is 9.35. The SMILES string of the molecule is CCCC(=O)N1CC(CCO)CC(NCCC(C)C)C1. The van der Waals surface area contributed by atoms with Gasteiger partial charge in [-0.1, -0.05) is 20.8 Å². The molecule has 0 spiro atoms. The minimum atomic E-state index is 0.221. The number of piperidine rings is 1. The normalized spacial score (nSPS) is 23.4. The molecule has 0 aromatic carbocycles. The third-order valence-electron chi connectivity index (χ3n) is 4.05. The third-order valence-corrected chi connectivity index (χ3v) is 4.05. The minimum absolute atomic E-state index is 0.221. The van der Waals surface area contributed by atoms with Gasteiger partial charge in [0.15, 0.2) is 0 Å². The summed E-state index contributed by atoms with van der Waals surface area (Å²) in [5, 5.41) is 12.8. The highest BCUT2D eigenvalue weighted by Gasteiger charge is 2.28. The lowest BCUT2D eigenvalue weighted by atomic mass is 9.91. The number of aliphatic hydroxyl groups excluding tert-OH is 1. The molecule has 0 aliphatic carbocycles. The van der Waals surface area contributed by atoms with Gasteiger partial charge in [-0.2, -0.15) is 0 Å². The van der Waals surface area contributed by atoms with E-state index in [4.69, 9.17) is 5.11 Å². The molecule has 2 atom stereocenters. The van der Waals surface area contributed by atoms with Crippen LogP contribution in [0.25, 0.3) is 0 Å². The number of carbonyl (C=O) groups is 1. The fourth-order valence-corrected chi connectivity index (χ4v) is 2.90. The van der Waals surface area contributed by atoms with E-state index in [1.165, 1.54) is 6.42 Å². The van der Waals surface area contributed by atoms with Crippen molar-refractivity contribution in [3.8, 4) is 0 Å². The van der Waals surface area contributed by atoms with Crippen molar-refractivity contribution in [2.24, 2.45) is 11.8 Å². The van der Waals surface area contributed by atoms with Crippen LogP contribution in [-0.2, 0) is 4.79 Å². The fraction of sp³-hybridized carbons (Fsp3) is 0.938. The molecule has 1 rings (SSSR count). The number of hydrogen-bond donors (Lipinski definition) is 2. The topological polar surface area (TPSA) is 52.6 Å². The Labute approximate surface area is 123 Å². The van der Waals surface area contributed by atoms with Gasteiger partial charge in [0.25, 0.3) is 0 Å². The van der Waals surface area contributed by atoms with E-state index in [1.54, 1.807) is 0 Å². The van der Waals surface area contributed by atoms with E-state index < -0.39 is 0 Å². The molecule has 1 saturated heterocycles. The first-order valence-electron chi connectivity index (χ1n) is 8.18. The van der Waals surface area contributed by atoms with Crippen molar-refractivity contribution in [2.45, 2.75) is 58.9 Å². The third kappa shape index (κ3) is 6.23. The molecule has 4 heteroatoms. The molecule has 2 unspecified atom stereocenters. The standard InChI is InChI=1S/C16H32N2O2/c1-4-5-16(20)18-11-14(7-9-19)10-15(12-18)17-8-6-13(2)3/h13-15,17,19H,4-12H2,1-3H3. The Morgan fingerprint density at radius 1 is 1.40 bits per heavy atom. The zero-order chi connectivity index (χ0) is 15.0. The Morgan fingerprint density at radius 2 is 2.15 bits per heavy atom. The summed E-state index contributed by atoms with van der Waals surface area (Å²) in [5.41, 5.74) is 0. The van der Waals surface area contributed by atoms with Gasteiger partial charge in [0, 0.05) is 32.2 Å². The van der Waals surface area contributed by atoms with Gasteiger partial charge in [0.1, 0.15) is 0 Å². The Balaban J connectivity index is 2.49. The lowest BCUT2D eigenvalue weighted by Crippen LogP contribution is -2.51. The van der Waals surface area contributed by atoms with Crippen molar-refractivity contribution < 1.29 is 9.90 Å². The van der Waals surface area contributed by atoms with Crippen molar-refractivity contribution in [2.75, 3.05) is 26.2 Å². The Hall–Kier alpha value is -0.610. The first-order chi connectivity index (χ1) is 9.56. The molecule has 1 amide bonds. The fourth-order valence-electron chi connectivity index (χ4n) is 2.90. The van der Waals surface area contributed by atoms with E-state index in [-0.39, 0.29) is 12.5 Å². The van der Waals surface area contributed by atoms with Crippen LogP contribution in [0.1, 0.15) is 52.9 Å². The second-order valence-electron chi connectivity index (χ2n) is 6.50. The van der Waals surface area contributed by atoms with E-state index in [9.17, 15) is 4.79 Å². The Bertz CT molecular complexity index is 282. The molecule has 1 heterocycles. The molecule has 0 aromatic heterocycles. The van der Waals surface area contributed by atoms with Crippen LogP contribution in [0.5, 0.6) is 0 Å². The summed E-state index contributed by atoms with van der Waals surface area (Å²) in [4.78, 5) is 14.1. The number of carbonyl (C=O) groups excluding carboxylic acids is 1. The molecular weight excluding hydrogens is 252 g/mol. The first kappa shape index (κ1) is 17.4. The molecule has 0 aromatic rings. The van der Waals surface area contributed by atoms with Crippen LogP contribution in [-0.4, -0.2) is 48.2 Å². The molecule has 1 aliphatic heterocycles. The predicted molar refractivity (Wildman–Crippen MR) is 82.5 cm³/mol. The maximum atomic E-state index is 12.1. The highest BCUT2D eigenvalue weighted by molar-refractivity contribution is 5.76. The average molecular weight is 284 g/mol. The molecule has 4 nitrogen and oxygen atoms in total. The summed E-state index contributed by atoms with van der Waals surface area (Å²) < 4.78 is 0. The first-order valence-corrected chi connectivity index (χ1v) is 8.18. The summed E-state index contributed by atoms with van der Waals surface area (Å²) in [7, 11) is 0. The average Bonchev–Trinajstić information content (AvgIpc) is 2.38. The van der Waals surface area contributed by atoms with Crippen LogP contribution in [0.3, 0.4) is 0 Å². The van der Waals surface area contributed by atoms with Gasteiger partial charge >= 0.3 is 0 Å².